The quantitative estimate of drug-likeness (QED) is 0.829. The fraction of sp³-hybridized carbons (Fsp3) is 0.714. The number of nitrogens with two attached hydrogens (primary N) is 1. The van der Waals surface area contributed by atoms with E-state index in [4.69, 9.17) is 15.5 Å². The van der Waals surface area contributed by atoms with E-state index < -0.39 is 0 Å². The third-order valence-corrected chi connectivity index (χ3v) is 4.06. The molecule has 2 atom stereocenters. The van der Waals surface area contributed by atoms with Gasteiger partial charge in [0.2, 0.25) is 5.95 Å². The molecule has 5 nitrogen and oxygen atoms in total. The molecule has 0 aliphatic carbocycles. The summed E-state index contributed by atoms with van der Waals surface area (Å²) in [7, 11) is 0. The number of nitrogens with zero attached hydrogens (tertiary/aromatic N) is 3. The Hall–Kier alpha value is -1.20. The molecule has 104 valence electrons. The predicted octanol–water partition coefficient (Wildman–Crippen LogP) is 1.43. The van der Waals surface area contributed by atoms with E-state index >= 15 is 0 Å². The Morgan fingerprint density at radius 3 is 2.79 bits per heavy atom. The second-order valence-electron chi connectivity index (χ2n) is 5.69. The van der Waals surface area contributed by atoms with Gasteiger partial charge in [-0.3, -0.25) is 0 Å². The average molecular weight is 262 g/mol. The molecule has 2 unspecified atom stereocenters. The maximum atomic E-state index is 5.94. The second kappa shape index (κ2) is 5.06. The standard InChI is InChI=1S/C14H22N4O/c1-9-7-13-12(10(2)19-9)8-16-14(17-13)18-5-3-11(15)4-6-18/h8-11H,3-7,15H2,1-2H3. The van der Waals surface area contributed by atoms with Crippen molar-refractivity contribution in [1.82, 2.24) is 9.97 Å². The van der Waals surface area contributed by atoms with E-state index in [1.54, 1.807) is 0 Å². The Morgan fingerprint density at radius 1 is 1.32 bits per heavy atom. The summed E-state index contributed by atoms with van der Waals surface area (Å²) in [5, 5.41) is 0. The fourth-order valence-corrected chi connectivity index (χ4v) is 2.91. The van der Waals surface area contributed by atoms with Crippen molar-refractivity contribution in [3.63, 3.8) is 0 Å². The minimum Gasteiger partial charge on any atom is -0.370 e. The largest absolute Gasteiger partial charge is 0.370 e. The zero-order valence-corrected chi connectivity index (χ0v) is 11.7. The summed E-state index contributed by atoms with van der Waals surface area (Å²) in [6.45, 7) is 6.09. The summed E-state index contributed by atoms with van der Waals surface area (Å²) >= 11 is 0. The van der Waals surface area contributed by atoms with E-state index in [-0.39, 0.29) is 12.2 Å². The first-order chi connectivity index (χ1) is 9.13. The topological polar surface area (TPSA) is 64.3 Å². The van der Waals surface area contributed by atoms with Gasteiger partial charge < -0.3 is 15.4 Å². The molecule has 1 aromatic rings. The van der Waals surface area contributed by atoms with Gasteiger partial charge >= 0.3 is 0 Å². The average Bonchev–Trinajstić information content (AvgIpc) is 2.38. The minimum atomic E-state index is 0.0996. The van der Waals surface area contributed by atoms with Crippen molar-refractivity contribution < 1.29 is 4.74 Å². The highest BCUT2D eigenvalue weighted by atomic mass is 16.5. The van der Waals surface area contributed by atoms with Crippen LogP contribution < -0.4 is 10.6 Å². The number of anilines is 1. The van der Waals surface area contributed by atoms with Crippen LogP contribution in [0.3, 0.4) is 0 Å². The monoisotopic (exact) mass is 262 g/mol. The predicted molar refractivity (Wildman–Crippen MR) is 74.1 cm³/mol. The molecule has 0 aromatic carbocycles. The van der Waals surface area contributed by atoms with Crippen LogP contribution in [-0.2, 0) is 11.2 Å². The first kappa shape index (κ1) is 12.8. The van der Waals surface area contributed by atoms with Gasteiger partial charge in [-0.2, -0.15) is 0 Å². The molecule has 3 rings (SSSR count). The molecule has 2 aliphatic rings. The zero-order chi connectivity index (χ0) is 13.4. The maximum absolute atomic E-state index is 5.94. The van der Waals surface area contributed by atoms with E-state index in [9.17, 15) is 0 Å². The number of aromatic nitrogens is 2. The Bertz CT molecular complexity index is 457. The summed E-state index contributed by atoms with van der Waals surface area (Å²) in [5.74, 6) is 0.854. The van der Waals surface area contributed by atoms with Gasteiger partial charge in [-0.1, -0.05) is 0 Å². The normalized spacial score (nSPS) is 28.3. The van der Waals surface area contributed by atoms with Crippen LogP contribution in [0.25, 0.3) is 0 Å². The highest BCUT2D eigenvalue weighted by Gasteiger charge is 2.25. The highest BCUT2D eigenvalue weighted by Crippen LogP contribution is 2.29. The molecule has 1 saturated heterocycles. The van der Waals surface area contributed by atoms with Crippen molar-refractivity contribution in [2.75, 3.05) is 18.0 Å². The van der Waals surface area contributed by atoms with Crippen LogP contribution in [0.15, 0.2) is 6.20 Å². The smallest absolute Gasteiger partial charge is 0.225 e. The van der Waals surface area contributed by atoms with E-state index in [1.165, 1.54) is 0 Å². The highest BCUT2D eigenvalue weighted by molar-refractivity contribution is 5.35. The third-order valence-electron chi connectivity index (χ3n) is 4.06. The van der Waals surface area contributed by atoms with Crippen LogP contribution in [0.4, 0.5) is 5.95 Å². The molecule has 3 heterocycles. The number of piperidine rings is 1. The van der Waals surface area contributed by atoms with Gasteiger partial charge in [0.1, 0.15) is 0 Å². The first-order valence-corrected chi connectivity index (χ1v) is 7.15. The van der Waals surface area contributed by atoms with Crippen molar-refractivity contribution in [1.29, 1.82) is 0 Å². The van der Waals surface area contributed by atoms with E-state index in [0.29, 0.717) is 6.04 Å². The van der Waals surface area contributed by atoms with Gasteiger partial charge in [0.25, 0.3) is 0 Å². The molecular formula is C14H22N4O. The Balaban J connectivity index is 1.83. The Kier molecular flexibility index (Phi) is 3.41. The molecule has 1 fully saturated rings. The summed E-state index contributed by atoms with van der Waals surface area (Å²) in [6.07, 6.45) is 5.19. The number of hydrogen-bond donors (Lipinski definition) is 1. The number of hydrogen-bond acceptors (Lipinski definition) is 5. The summed E-state index contributed by atoms with van der Waals surface area (Å²) in [5.41, 5.74) is 8.22. The lowest BCUT2D eigenvalue weighted by molar-refractivity contribution is -0.00618. The van der Waals surface area contributed by atoms with Gasteiger partial charge in [-0.05, 0) is 26.7 Å². The fourth-order valence-electron chi connectivity index (χ4n) is 2.91. The van der Waals surface area contributed by atoms with Gasteiger partial charge in [0, 0.05) is 37.3 Å². The van der Waals surface area contributed by atoms with Gasteiger partial charge in [0.05, 0.1) is 17.9 Å². The van der Waals surface area contributed by atoms with Crippen molar-refractivity contribution in [2.45, 2.75) is 51.4 Å². The molecule has 0 saturated carbocycles. The van der Waals surface area contributed by atoms with Crippen LogP contribution in [0, 0.1) is 0 Å². The SMILES string of the molecule is CC1Cc2nc(N3CCC(N)CC3)ncc2C(C)O1. The van der Waals surface area contributed by atoms with Crippen molar-refractivity contribution in [2.24, 2.45) is 5.73 Å². The van der Waals surface area contributed by atoms with Crippen molar-refractivity contribution in [3.05, 3.63) is 17.5 Å². The minimum absolute atomic E-state index is 0.0996. The molecule has 19 heavy (non-hydrogen) atoms. The molecule has 2 aliphatic heterocycles. The van der Waals surface area contributed by atoms with Crippen LogP contribution in [0.1, 0.15) is 44.1 Å². The van der Waals surface area contributed by atoms with E-state index in [1.807, 2.05) is 6.20 Å². The van der Waals surface area contributed by atoms with Gasteiger partial charge in [-0.25, -0.2) is 9.97 Å². The summed E-state index contributed by atoms with van der Waals surface area (Å²) in [4.78, 5) is 11.5. The second-order valence-corrected chi connectivity index (χ2v) is 5.69. The van der Waals surface area contributed by atoms with Crippen LogP contribution in [-0.4, -0.2) is 35.2 Å². The van der Waals surface area contributed by atoms with Gasteiger partial charge in [0.15, 0.2) is 0 Å². The lowest BCUT2D eigenvalue weighted by atomic mass is 10.0. The van der Waals surface area contributed by atoms with Crippen LogP contribution >= 0.6 is 0 Å². The van der Waals surface area contributed by atoms with Crippen molar-refractivity contribution in [3.8, 4) is 0 Å². The Morgan fingerprint density at radius 2 is 2.05 bits per heavy atom. The Labute approximate surface area is 114 Å². The van der Waals surface area contributed by atoms with Crippen molar-refractivity contribution >= 4 is 5.95 Å². The molecule has 1 aromatic heterocycles. The zero-order valence-electron chi connectivity index (χ0n) is 11.7. The number of fused-ring (bicyclic) bond motifs is 1. The molecule has 0 spiro atoms. The van der Waals surface area contributed by atoms with Crippen LogP contribution in [0.5, 0.6) is 0 Å². The maximum Gasteiger partial charge on any atom is 0.225 e. The molecule has 0 radical (unpaired) electrons. The first-order valence-electron chi connectivity index (χ1n) is 7.15. The number of rotatable bonds is 1. The molecular weight excluding hydrogens is 240 g/mol. The van der Waals surface area contributed by atoms with Crippen LogP contribution in [0.2, 0.25) is 0 Å². The molecule has 2 N–H and O–H groups in total. The molecule has 5 heteroatoms. The summed E-state index contributed by atoms with van der Waals surface area (Å²) < 4.78 is 5.80. The number of ether oxygens (including phenoxy) is 1. The van der Waals surface area contributed by atoms with Gasteiger partial charge in [-0.15, -0.1) is 0 Å². The lowest BCUT2D eigenvalue weighted by Crippen LogP contribution is -2.40. The molecule has 0 bridgehead atoms. The molecule has 0 amide bonds. The lowest BCUT2D eigenvalue weighted by Gasteiger charge is -2.32. The van der Waals surface area contributed by atoms with E-state index in [0.717, 1.165) is 49.6 Å². The van der Waals surface area contributed by atoms with E-state index in [2.05, 4.69) is 23.7 Å². The third kappa shape index (κ3) is 2.58. The summed E-state index contributed by atoms with van der Waals surface area (Å²) in [6, 6.07) is 0.335.